The summed E-state index contributed by atoms with van der Waals surface area (Å²) in [5, 5.41) is 9.31. The maximum Gasteiger partial charge on any atom is 0.306 e. The molecule has 18 heavy (non-hydrogen) atoms. The lowest BCUT2D eigenvalue weighted by molar-refractivity contribution is -0.145. The molecule has 0 aromatic heterocycles. The zero-order chi connectivity index (χ0) is 13.1. The van der Waals surface area contributed by atoms with Gasteiger partial charge in [-0.2, -0.15) is 0 Å². The van der Waals surface area contributed by atoms with Gasteiger partial charge in [0.2, 0.25) is 0 Å². The minimum atomic E-state index is -0.638. The van der Waals surface area contributed by atoms with Crippen molar-refractivity contribution < 1.29 is 14.6 Å². The third kappa shape index (κ3) is 1.70. The first-order valence-corrected chi connectivity index (χ1v) is 7.34. The summed E-state index contributed by atoms with van der Waals surface area (Å²) in [6.45, 7) is 6.42. The fraction of sp³-hybridized carbons (Fsp3) is 0.933. The van der Waals surface area contributed by atoms with Crippen LogP contribution in [-0.4, -0.2) is 22.8 Å². The van der Waals surface area contributed by atoms with E-state index in [9.17, 15) is 9.90 Å². The Morgan fingerprint density at radius 3 is 2.78 bits per heavy atom. The van der Waals surface area contributed by atoms with Gasteiger partial charge < -0.3 is 9.84 Å². The molecule has 2 aliphatic carbocycles. The number of aliphatic carboxylic acids is 1. The van der Waals surface area contributed by atoms with Crippen LogP contribution in [0.3, 0.4) is 0 Å². The minimum Gasteiger partial charge on any atom is -0.481 e. The van der Waals surface area contributed by atoms with Crippen LogP contribution in [0, 0.1) is 29.6 Å². The molecule has 3 aliphatic rings. The molecule has 7 atom stereocenters. The predicted octanol–water partition coefficient (Wildman–Crippen LogP) is 2.94. The highest BCUT2D eigenvalue weighted by molar-refractivity contribution is 5.70. The Labute approximate surface area is 109 Å². The monoisotopic (exact) mass is 252 g/mol. The third-order valence-electron chi connectivity index (χ3n) is 5.97. The van der Waals surface area contributed by atoms with Crippen LogP contribution in [0.4, 0.5) is 0 Å². The second kappa shape index (κ2) is 3.96. The highest BCUT2D eigenvalue weighted by Crippen LogP contribution is 2.60. The molecule has 0 spiro atoms. The Morgan fingerprint density at radius 2 is 2.11 bits per heavy atom. The minimum absolute atomic E-state index is 0.0781. The molecule has 0 radical (unpaired) electrons. The molecule has 0 bridgehead atoms. The van der Waals surface area contributed by atoms with Gasteiger partial charge in [-0.3, -0.25) is 4.79 Å². The summed E-state index contributed by atoms with van der Waals surface area (Å²) < 4.78 is 5.95. The number of carboxylic acids is 1. The number of epoxide rings is 1. The van der Waals surface area contributed by atoms with Crippen molar-refractivity contribution in [1.82, 2.24) is 0 Å². The second-order valence-corrected chi connectivity index (χ2v) is 6.98. The van der Waals surface area contributed by atoms with Gasteiger partial charge in [0.15, 0.2) is 0 Å². The lowest BCUT2D eigenvalue weighted by Gasteiger charge is -2.45. The van der Waals surface area contributed by atoms with Crippen molar-refractivity contribution in [3.8, 4) is 0 Å². The van der Waals surface area contributed by atoms with Gasteiger partial charge >= 0.3 is 5.97 Å². The third-order valence-corrected chi connectivity index (χ3v) is 5.97. The lowest BCUT2D eigenvalue weighted by atomic mass is 9.57. The molecule has 0 aromatic rings. The van der Waals surface area contributed by atoms with E-state index in [2.05, 4.69) is 13.8 Å². The van der Waals surface area contributed by atoms with Crippen LogP contribution in [0.15, 0.2) is 0 Å². The van der Waals surface area contributed by atoms with Crippen molar-refractivity contribution in [2.24, 2.45) is 29.6 Å². The van der Waals surface area contributed by atoms with E-state index < -0.39 is 5.97 Å². The van der Waals surface area contributed by atoms with E-state index in [0.717, 1.165) is 18.8 Å². The summed E-state index contributed by atoms with van der Waals surface area (Å²) in [5.74, 6) is 1.36. The Bertz CT molecular complexity index is 367. The second-order valence-electron chi connectivity index (χ2n) is 6.98. The molecular formula is C15H24O3. The van der Waals surface area contributed by atoms with Gasteiger partial charge in [-0.15, -0.1) is 0 Å². The van der Waals surface area contributed by atoms with Crippen LogP contribution in [0.1, 0.15) is 46.5 Å². The maximum atomic E-state index is 11.3. The van der Waals surface area contributed by atoms with Gasteiger partial charge in [0.25, 0.3) is 0 Å². The molecule has 3 heteroatoms. The molecule has 1 N–H and O–H groups in total. The summed E-state index contributed by atoms with van der Waals surface area (Å²) in [4.78, 5) is 11.3. The van der Waals surface area contributed by atoms with Crippen LogP contribution >= 0.6 is 0 Å². The van der Waals surface area contributed by atoms with E-state index in [1.54, 1.807) is 0 Å². The number of rotatable bonds is 2. The van der Waals surface area contributed by atoms with Crippen LogP contribution < -0.4 is 0 Å². The van der Waals surface area contributed by atoms with Gasteiger partial charge in [0, 0.05) is 0 Å². The van der Waals surface area contributed by atoms with Crippen LogP contribution in [0.2, 0.25) is 0 Å². The zero-order valence-electron chi connectivity index (χ0n) is 11.6. The van der Waals surface area contributed by atoms with Crippen molar-refractivity contribution in [1.29, 1.82) is 0 Å². The fourth-order valence-corrected chi connectivity index (χ4v) is 4.65. The molecule has 2 saturated carbocycles. The van der Waals surface area contributed by atoms with Crippen molar-refractivity contribution in [3.05, 3.63) is 0 Å². The van der Waals surface area contributed by atoms with Gasteiger partial charge in [-0.05, 0) is 49.9 Å². The Balaban J connectivity index is 1.85. The maximum absolute atomic E-state index is 11.3. The molecule has 0 unspecified atom stereocenters. The molecule has 1 saturated heterocycles. The first-order valence-electron chi connectivity index (χ1n) is 7.34. The molecule has 0 aromatic carbocycles. The van der Waals surface area contributed by atoms with Gasteiger partial charge in [0.1, 0.15) is 0 Å². The largest absolute Gasteiger partial charge is 0.481 e. The molecule has 3 rings (SSSR count). The number of carbonyl (C=O) groups is 1. The number of hydrogen-bond acceptors (Lipinski definition) is 2. The Hall–Kier alpha value is -0.570. The number of ether oxygens (including phenoxy) is 1. The van der Waals surface area contributed by atoms with E-state index in [1.165, 1.54) is 12.8 Å². The summed E-state index contributed by atoms with van der Waals surface area (Å²) >= 11 is 0. The van der Waals surface area contributed by atoms with E-state index in [0.29, 0.717) is 23.9 Å². The van der Waals surface area contributed by atoms with E-state index in [1.807, 2.05) is 6.92 Å². The van der Waals surface area contributed by atoms with E-state index >= 15 is 0 Å². The molecule has 1 heterocycles. The van der Waals surface area contributed by atoms with Crippen molar-refractivity contribution >= 4 is 5.97 Å². The first-order chi connectivity index (χ1) is 8.44. The molecule has 102 valence electrons. The summed E-state index contributed by atoms with van der Waals surface area (Å²) in [6.07, 6.45) is 4.98. The first kappa shape index (κ1) is 12.5. The average Bonchev–Trinajstić information content (AvgIpc) is 3.01. The van der Waals surface area contributed by atoms with Gasteiger partial charge in [0.05, 0.1) is 17.6 Å². The topological polar surface area (TPSA) is 49.8 Å². The molecule has 3 nitrogen and oxygen atoms in total. The molecular weight excluding hydrogens is 228 g/mol. The van der Waals surface area contributed by atoms with Gasteiger partial charge in [-0.1, -0.05) is 20.3 Å². The molecule has 1 aliphatic heterocycles. The lowest BCUT2D eigenvalue weighted by Crippen LogP contribution is -2.45. The molecule has 0 amide bonds. The summed E-state index contributed by atoms with van der Waals surface area (Å²) in [6, 6.07) is 0. The highest BCUT2D eigenvalue weighted by atomic mass is 16.6. The van der Waals surface area contributed by atoms with Crippen LogP contribution in [0.5, 0.6) is 0 Å². The van der Waals surface area contributed by atoms with Crippen LogP contribution in [0.25, 0.3) is 0 Å². The van der Waals surface area contributed by atoms with E-state index in [4.69, 9.17) is 4.74 Å². The van der Waals surface area contributed by atoms with Crippen LogP contribution in [-0.2, 0) is 9.53 Å². The smallest absolute Gasteiger partial charge is 0.306 e. The quantitative estimate of drug-likeness (QED) is 0.769. The van der Waals surface area contributed by atoms with Crippen molar-refractivity contribution in [3.63, 3.8) is 0 Å². The normalized spacial score (nSPS) is 52.1. The van der Waals surface area contributed by atoms with Crippen molar-refractivity contribution in [2.75, 3.05) is 0 Å². The van der Waals surface area contributed by atoms with Crippen molar-refractivity contribution in [2.45, 2.75) is 58.2 Å². The average molecular weight is 252 g/mol. The van der Waals surface area contributed by atoms with Gasteiger partial charge in [-0.25, -0.2) is 0 Å². The predicted molar refractivity (Wildman–Crippen MR) is 68.2 cm³/mol. The Morgan fingerprint density at radius 1 is 1.39 bits per heavy atom. The Kier molecular flexibility index (Phi) is 2.74. The fourth-order valence-electron chi connectivity index (χ4n) is 4.65. The number of carboxylic acid groups (broad SMARTS) is 1. The summed E-state index contributed by atoms with van der Waals surface area (Å²) in [7, 11) is 0. The van der Waals surface area contributed by atoms with E-state index in [-0.39, 0.29) is 11.5 Å². The molecule has 3 fully saturated rings. The number of hydrogen-bond donors (Lipinski definition) is 1. The SMILES string of the molecule is C[C@@H]1CC[C@@H]([C@H](C)C(=O)O)[C@@H]2[C@H]1CC[C@@]1(C)O[C@@H]21. The highest BCUT2D eigenvalue weighted by Gasteiger charge is 2.64. The zero-order valence-corrected chi connectivity index (χ0v) is 11.6. The standard InChI is InChI=1S/C15H24O3/c1-8-4-5-11(9(2)14(16)17)12-10(8)6-7-15(3)13(12)18-15/h8-13H,4-7H2,1-3H3,(H,16,17)/t8-,9+,10+,11+,12+,13+,15-/m1/s1. The number of fused-ring (bicyclic) bond motifs is 3. The summed E-state index contributed by atoms with van der Waals surface area (Å²) in [5.41, 5.74) is 0.0781.